The number of nitrogens with one attached hydrogen (secondary N) is 4. The van der Waals surface area contributed by atoms with Crippen LogP contribution in [-0.2, 0) is 30.4 Å². The van der Waals surface area contributed by atoms with Gasteiger partial charge in [-0.3, -0.25) is 19.2 Å². The summed E-state index contributed by atoms with van der Waals surface area (Å²) in [7, 11) is 0. The third-order valence-corrected chi connectivity index (χ3v) is 6.31. The summed E-state index contributed by atoms with van der Waals surface area (Å²) in [6, 6.07) is -4.41. The number of hydrogen-bond acceptors (Lipinski definition) is 8. The average Bonchev–Trinajstić information content (AvgIpc) is 3.34. The molecule has 0 aromatic carbocycles. The minimum absolute atomic E-state index is 0.0294. The minimum atomic E-state index is -1.26. The molecule has 0 aliphatic carbocycles. The van der Waals surface area contributed by atoms with Crippen LogP contribution in [0.2, 0.25) is 0 Å². The summed E-state index contributed by atoms with van der Waals surface area (Å²) in [5, 5.41) is 17.1. The summed E-state index contributed by atoms with van der Waals surface area (Å²) >= 11 is 1.53. The smallest absolute Gasteiger partial charge is 0.326 e. The summed E-state index contributed by atoms with van der Waals surface area (Å²) in [6.07, 6.45) is 5.33. The fourth-order valence-corrected chi connectivity index (χ4v) is 3.73. The highest BCUT2D eigenvalue weighted by Gasteiger charge is 2.32. The molecule has 4 amide bonds. The number of aromatic amines is 1. The van der Waals surface area contributed by atoms with E-state index >= 15 is 0 Å². The van der Waals surface area contributed by atoms with Crippen molar-refractivity contribution in [2.75, 3.05) is 12.0 Å². The predicted octanol–water partition coefficient (Wildman–Crippen LogP) is -1.12. The van der Waals surface area contributed by atoms with E-state index < -0.39 is 53.8 Å². The molecular weight excluding hydrogens is 490 g/mol. The molecule has 0 saturated heterocycles. The lowest BCUT2D eigenvalue weighted by Gasteiger charge is -2.26. The van der Waals surface area contributed by atoms with Crippen LogP contribution in [0.4, 0.5) is 0 Å². The number of aliphatic carboxylic acids is 1. The molecule has 0 spiro atoms. The summed E-state index contributed by atoms with van der Waals surface area (Å²) in [5.41, 5.74) is 11.7. The third kappa shape index (κ3) is 10.6. The molecule has 13 nitrogen and oxygen atoms in total. The van der Waals surface area contributed by atoms with Crippen LogP contribution in [0.5, 0.6) is 0 Å². The van der Waals surface area contributed by atoms with Gasteiger partial charge in [-0.15, -0.1) is 0 Å². The van der Waals surface area contributed by atoms with Gasteiger partial charge in [-0.05, 0) is 30.8 Å². The third-order valence-electron chi connectivity index (χ3n) is 5.67. The van der Waals surface area contributed by atoms with Crippen LogP contribution in [0.3, 0.4) is 0 Å². The number of nitrogens with zero attached hydrogens (tertiary/aromatic N) is 1. The largest absolute Gasteiger partial charge is 0.480 e. The van der Waals surface area contributed by atoms with Crippen LogP contribution in [-0.4, -0.2) is 80.8 Å². The quantitative estimate of drug-likeness (QED) is 0.130. The molecule has 0 aliphatic heterocycles. The zero-order valence-corrected chi connectivity index (χ0v) is 21.6. The number of primary amides is 1. The molecule has 0 fully saturated rings. The van der Waals surface area contributed by atoms with Gasteiger partial charge in [0.05, 0.1) is 12.4 Å². The van der Waals surface area contributed by atoms with E-state index in [4.69, 9.17) is 11.5 Å². The fourth-order valence-electron chi connectivity index (χ4n) is 3.24. The Morgan fingerprint density at radius 3 is 2.25 bits per heavy atom. The summed E-state index contributed by atoms with van der Waals surface area (Å²) in [4.78, 5) is 68.5. The van der Waals surface area contributed by atoms with Crippen LogP contribution < -0.4 is 27.4 Å². The monoisotopic (exact) mass is 527 g/mol. The van der Waals surface area contributed by atoms with Gasteiger partial charge in [0.25, 0.3) is 0 Å². The average molecular weight is 528 g/mol. The standard InChI is InChI=1S/C22H37N7O6S/c1-4-12(2)18(22(34)35)29-20(32)15(5-6-17(24)30)27-21(33)16(9-13-10-25-11-26-13)28-19(31)14(23)7-8-36-3/h10-12,14-16,18H,4-9,23H2,1-3H3,(H2,24,30)(H,25,26)(H,27,33)(H,28,31)(H,29,32)(H,34,35). The Morgan fingerprint density at radius 2 is 1.72 bits per heavy atom. The van der Waals surface area contributed by atoms with E-state index in [1.807, 2.05) is 6.26 Å². The Kier molecular flexibility index (Phi) is 13.5. The van der Waals surface area contributed by atoms with Crippen molar-refractivity contribution in [2.24, 2.45) is 17.4 Å². The van der Waals surface area contributed by atoms with Gasteiger partial charge in [-0.2, -0.15) is 11.8 Å². The van der Waals surface area contributed by atoms with E-state index in [1.54, 1.807) is 13.8 Å². The van der Waals surface area contributed by atoms with Crippen LogP contribution in [0.15, 0.2) is 12.5 Å². The first-order chi connectivity index (χ1) is 17.0. The van der Waals surface area contributed by atoms with Crippen molar-refractivity contribution in [3.63, 3.8) is 0 Å². The molecular formula is C22H37N7O6S. The Labute approximate surface area is 214 Å². The van der Waals surface area contributed by atoms with E-state index in [9.17, 15) is 29.1 Å². The molecule has 5 unspecified atom stereocenters. The Bertz CT molecular complexity index is 882. The lowest BCUT2D eigenvalue weighted by molar-refractivity contribution is -0.144. The van der Waals surface area contributed by atoms with Crippen molar-refractivity contribution >= 4 is 41.4 Å². The molecule has 36 heavy (non-hydrogen) atoms. The lowest BCUT2D eigenvalue weighted by atomic mass is 9.98. The van der Waals surface area contributed by atoms with Gasteiger partial charge in [-0.25, -0.2) is 9.78 Å². The van der Waals surface area contributed by atoms with Crippen molar-refractivity contribution in [1.82, 2.24) is 25.9 Å². The van der Waals surface area contributed by atoms with Crippen LogP contribution >= 0.6 is 11.8 Å². The molecule has 5 atom stereocenters. The number of aromatic nitrogens is 2. The highest BCUT2D eigenvalue weighted by atomic mass is 32.2. The molecule has 0 saturated carbocycles. The number of carbonyl (C=O) groups is 5. The molecule has 0 radical (unpaired) electrons. The molecule has 9 N–H and O–H groups in total. The SMILES string of the molecule is CCC(C)C(NC(=O)C(CCC(N)=O)NC(=O)C(Cc1cnc[nH]1)NC(=O)C(N)CCSC)C(=O)O. The minimum Gasteiger partial charge on any atom is -0.480 e. The summed E-state index contributed by atoms with van der Waals surface area (Å²) in [5.74, 6) is -3.67. The van der Waals surface area contributed by atoms with Gasteiger partial charge in [0.1, 0.15) is 18.1 Å². The van der Waals surface area contributed by atoms with Crippen molar-refractivity contribution in [3.05, 3.63) is 18.2 Å². The number of nitrogens with two attached hydrogens (primary N) is 2. The van der Waals surface area contributed by atoms with Gasteiger partial charge in [0.2, 0.25) is 23.6 Å². The summed E-state index contributed by atoms with van der Waals surface area (Å²) in [6.45, 7) is 3.46. The lowest BCUT2D eigenvalue weighted by Crippen LogP contribution is -2.58. The molecule has 14 heteroatoms. The molecule has 1 aromatic heterocycles. The number of H-pyrrole nitrogens is 1. The van der Waals surface area contributed by atoms with Crippen LogP contribution in [0.1, 0.15) is 45.2 Å². The van der Waals surface area contributed by atoms with E-state index in [1.165, 1.54) is 24.3 Å². The number of carboxylic acid groups (broad SMARTS) is 1. The second-order valence-corrected chi connectivity index (χ2v) is 9.49. The second kappa shape index (κ2) is 15.8. The van der Waals surface area contributed by atoms with Crippen molar-refractivity contribution in [1.29, 1.82) is 0 Å². The van der Waals surface area contributed by atoms with Gasteiger partial charge < -0.3 is 37.5 Å². The molecule has 1 rings (SSSR count). The van der Waals surface area contributed by atoms with E-state index in [-0.39, 0.29) is 25.2 Å². The molecule has 1 aromatic rings. The Balaban J connectivity index is 3.08. The normalized spacial score (nSPS) is 15.1. The van der Waals surface area contributed by atoms with Gasteiger partial charge in [-0.1, -0.05) is 20.3 Å². The number of thioether (sulfide) groups is 1. The maximum Gasteiger partial charge on any atom is 0.326 e. The van der Waals surface area contributed by atoms with Crippen molar-refractivity contribution in [2.45, 2.75) is 70.1 Å². The van der Waals surface area contributed by atoms with Crippen molar-refractivity contribution < 1.29 is 29.1 Å². The van der Waals surface area contributed by atoms with Crippen LogP contribution in [0, 0.1) is 5.92 Å². The zero-order valence-electron chi connectivity index (χ0n) is 20.8. The number of hydrogen-bond donors (Lipinski definition) is 7. The van der Waals surface area contributed by atoms with Gasteiger partial charge >= 0.3 is 5.97 Å². The second-order valence-electron chi connectivity index (χ2n) is 8.51. The van der Waals surface area contributed by atoms with Crippen LogP contribution in [0.25, 0.3) is 0 Å². The van der Waals surface area contributed by atoms with E-state index in [0.717, 1.165) is 0 Å². The van der Waals surface area contributed by atoms with E-state index in [2.05, 4.69) is 25.9 Å². The first-order valence-corrected chi connectivity index (χ1v) is 13.0. The first-order valence-electron chi connectivity index (χ1n) is 11.6. The van der Waals surface area contributed by atoms with Gasteiger partial charge in [0.15, 0.2) is 0 Å². The number of imidazole rings is 1. The molecule has 0 aliphatic rings. The predicted molar refractivity (Wildman–Crippen MR) is 135 cm³/mol. The first kappa shape index (κ1) is 30.9. The zero-order chi connectivity index (χ0) is 27.3. The maximum absolute atomic E-state index is 13.2. The van der Waals surface area contributed by atoms with Crippen molar-refractivity contribution in [3.8, 4) is 0 Å². The molecule has 1 heterocycles. The van der Waals surface area contributed by atoms with E-state index in [0.29, 0.717) is 24.3 Å². The number of carbonyl (C=O) groups excluding carboxylic acids is 4. The number of carboxylic acids is 1. The van der Waals surface area contributed by atoms with Gasteiger partial charge in [0, 0.05) is 24.7 Å². The summed E-state index contributed by atoms with van der Waals surface area (Å²) < 4.78 is 0. The fraction of sp³-hybridized carbons (Fsp3) is 0.636. The highest BCUT2D eigenvalue weighted by Crippen LogP contribution is 2.10. The topological polar surface area (TPSA) is 222 Å². The maximum atomic E-state index is 13.2. The Hall–Kier alpha value is -3.13. The Morgan fingerprint density at radius 1 is 1.08 bits per heavy atom. The highest BCUT2D eigenvalue weighted by molar-refractivity contribution is 7.98. The molecule has 0 bridgehead atoms. The number of amides is 4. The number of rotatable bonds is 17. The molecule has 202 valence electrons.